The molecule has 5 N–H and O–H groups in total. The minimum atomic E-state index is -0.185. The highest BCUT2D eigenvalue weighted by Crippen LogP contribution is 2.38. The molecular weight excluding hydrogens is 226 g/mol. The summed E-state index contributed by atoms with van der Waals surface area (Å²) in [6.07, 6.45) is 3.83. The Morgan fingerprint density at radius 2 is 2.19 bits per heavy atom. The summed E-state index contributed by atoms with van der Waals surface area (Å²) in [6, 6.07) is 1.73. The second-order valence-corrected chi connectivity index (χ2v) is 4.61. The fourth-order valence-electron chi connectivity index (χ4n) is 1.40. The van der Waals surface area contributed by atoms with Crippen LogP contribution in [-0.4, -0.2) is 33.5 Å². The molecule has 1 aromatic heterocycles. The van der Waals surface area contributed by atoms with Crippen LogP contribution < -0.4 is 16.6 Å². The molecule has 1 heterocycles. The molecule has 1 aliphatic carbocycles. The van der Waals surface area contributed by atoms with Gasteiger partial charge in [0, 0.05) is 6.07 Å². The van der Waals surface area contributed by atoms with Crippen molar-refractivity contribution in [3.8, 4) is 0 Å². The van der Waals surface area contributed by atoms with E-state index in [9.17, 15) is 5.11 Å². The maximum atomic E-state index is 9.22. The van der Waals surface area contributed by atoms with Crippen LogP contribution in [0.25, 0.3) is 0 Å². The van der Waals surface area contributed by atoms with E-state index in [1.165, 1.54) is 11.8 Å². The van der Waals surface area contributed by atoms with Gasteiger partial charge in [0.25, 0.3) is 0 Å². The van der Waals surface area contributed by atoms with Gasteiger partial charge in [0.1, 0.15) is 11.6 Å². The van der Waals surface area contributed by atoms with Crippen LogP contribution in [0.1, 0.15) is 12.8 Å². The Hall–Kier alpha value is -1.05. The zero-order valence-electron chi connectivity index (χ0n) is 9.03. The van der Waals surface area contributed by atoms with E-state index >= 15 is 0 Å². The number of nitrogen functional groups attached to an aromatic ring is 1. The van der Waals surface area contributed by atoms with Crippen LogP contribution in [0.4, 0.5) is 11.6 Å². The summed E-state index contributed by atoms with van der Waals surface area (Å²) in [5, 5.41) is 13.1. The molecule has 0 amide bonds. The Kier molecular flexibility index (Phi) is 3.17. The van der Waals surface area contributed by atoms with E-state index in [0.717, 1.165) is 12.8 Å². The summed E-state index contributed by atoms with van der Waals surface area (Å²) >= 11 is 1.45. The summed E-state index contributed by atoms with van der Waals surface area (Å²) in [7, 11) is 0. The molecule has 1 aliphatic rings. The number of nitrogens with one attached hydrogen (secondary N) is 2. The first kappa shape index (κ1) is 11.4. The first-order chi connectivity index (χ1) is 7.71. The lowest BCUT2D eigenvalue weighted by Crippen LogP contribution is -2.26. The predicted molar refractivity (Wildman–Crippen MR) is 64.3 cm³/mol. The zero-order valence-corrected chi connectivity index (χ0v) is 9.84. The third-order valence-corrected chi connectivity index (χ3v) is 3.13. The van der Waals surface area contributed by atoms with Crippen molar-refractivity contribution in [3.63, 3.8) is 0 Å². The molecule has 7 heteroatoms. The minimum absolute atomic E-state index is 0.122. The zero-order chi connectivity index (χ0) is 11.6. The van der Waals surface area contributed by atoms with Gasteiger partial charge in [-0.1, -0.05) is 11.8 Å². The molecule has 6 nitrogen and oxygen atoms in total. The second kappa shape index (κ2) is 4.44. The third kappa shape index (κ3) is 2.37. The van der Waals surface area contributed by atoms with Crippen LogP contribution >= 0.6 is 11.8 Å². The molecule has 0 unspecified atom stereocenters. The minimum Gasteiger partial charge on any atom is -0.394 e. The van der Waals surface area contributed by atoms with E-state index in [1.807, 2.05) is 6.26 Å². The van der Waals surface area contributed by atoms with E-state index in [1.54, 1.807) is 6.07 Å². The van der Waals surface area contributed by atoms with Gasteiger partial charge in [0.2, 0.25) is 0 Å². The normalized spacial score (nSPS) is 16.9. The average molecular weight is 241 g/mol. The number of hydrogen-bond donors (Lipinski definition) is 4. The smallest absolute Gasteiger partial charge is 0.191 e. The van der Waals surface area contributed by atoms with Gasteiger partial charge in [0.05, 0.1) is 12.1 Å². The molecule has 2 rings (SSSR count). The number of nitrogens with zero attached hydrogens (tertiary/aromatic N) is 2. The van der Waals surface area contributed by atoms with Crippen LogP contribution in [0, 0.1) is 0 Å². The van der Waals surface area contributed by atoms with Crippen molar-refractivity contribution < 1.29 is 5.11 Å². The van der Waals surface area contributed by atoms with Crippen molar-refractivity contribution in [1.82, 2.24) is 9.97 Å². The van der Waals surface area contributed by atoms with E-state index in [0.29, 0.717) is 16.8 Å². The fourth-order valence-corrected chi connectivity index (χ4v) is 1.78. The lowest BCUT2D eigenvalue weighted by atomic mass is 10.3. The van der Waals surface area contributed by atoms with E-state index < -0.39 is 0 Å². The molecule has 0 bridgehead atoms. The molecule has 88 valence electrons. The second-order valence-electron chi connectivity index (χ2n) is 3.83. The molecule has 0 aromatic carbocycles. The SMILES string of the molecule is CSc1nc(NN)cc(NC2(CO)CC2)n1. The fraction of sp³-hybridized carbons (Fsp3) is 0.556. The number of hydrogen-bond acceptors (Lipinski definition) is 7. The van der Waals surface area contributed by atoms with Crippen molar-refractivity contribution in [1.29, 1.82) is 0 Å². The highest BCUT2D eigenvalue weighted by molar-refractivity contribution is 7.98. The number of thioether (sulfide) groups is 1. The largest absolute Gasteiger partial charge is 0.394 e. The molecule has 0 radical (unpaired) electrons. The maximum Gasteiger partial charge on any atom is 0.191 e. The first-order valence-corrected chi connectivity index (χ1v) is 6.22. The monoisotopic (exact) mass is 241 g/mol. The maximum absolute atomic E-state index is 9.22. The third-order valence-electron chi connectivity index (χ3n) is 2.59. The molecule has 1 aromatic rings. The summed E-state index contributed by atoms with van der Waals surface area (Å²) < 4.78 is 0. The summed E-state index contributed by atoms with van der Waals surface area (Å²) in [5.41, 5.74) is 2.31. The molecule has 0 spiro atoms. The van der Waals surface area contributed by atoms with Crippen molar-refractivity contribution >= 4 is 23.4 Å². The van der Waals surface area contributed by atoms with Crippen molar-refractivity contribution in [2.24, 2.45) is 5.84 Å². The van der Waals surface area contributed by atoms with Crippen LogP contribution in [0.5, 0.6) is 0 Å². The summed E-state index contributed by atoms with van der Waals surface area (Å²) in [4.78, 5) is 8.47. The van der Waals surface area contributed by atoms with E-state index in [4.69, 9.17) is 5.84 Å². The van der Waals surface area contributed by atoms with Gasteiger partial charge in [-0.05, 0) is 19.1 Å². The van der Waals surface area contributed by atoms with Gasteiger partial charge >= 0.3 is 0 Å². The van der Waals surface area contributed by atoms with E-state index in [2.05, 4.69) is 20.7 Å². The molecule has 1 fully saturated rings. The lowest BCUT2D eigenvalue weighted by Gasteiger charge is -2.15. The summed E-state index contributed by atoms with van der Waals surface area (Å²) in [6.45, 7) is 0.122. The van der Waals surface area contributed by atoms with Crippen LogP contribution in [0.2, 0.25) is 0 Å². The number of rotatable bonds is 5. The summed E-state index contributed by atoms with van der Waals surface area (Å²) in [5.74, 6) is 6.59. The van der Waals surface area contributed by atoms with Gasteiger partial charge in [-0.25, -0.2) is 15.8 Å². The highest BCUT2D eigenvalue weighted by Gasteiger charge is 2.42. The number of aliphatic hydroxyl groups is 1. The Morgan fingerprint density at radius 1 is 1.50 bits per heavy atom. The molecule has 0 atom stereocenters. The van der Waals surface area contributed by atoms with E-state index in [-0.39, 0.29) is 12.1 Å². The predicted octanol–water partition coefficient (Wildman–Crippen LogP) is 0.421. The van der Waals surface area contributed by atoms with Gasteiger partial charge < -0.3 is 15.8 Å². The number of nitrogens with two attached hydrogens (primary N) is 1. The van der Waals surface area contributed by atoms with Gasteiger partial charge in [-0.3, -0.25) is 0 Å². The van der Waals surface area contributed by atoms with Crippen LogP contribution in [0.15, 0.2) is 11.2 Å². The Bertz CT molecular complexity index is 360. The molecule has 0 aliphatic heterocycles. The molecule has 16 heavy (non-hydrogen) atoms. The standard InChI is InChI=1S/C9H15N5OS/c1-16-8-11-6(4-7(12-8)14-10)13-9(5-15)2-3-9/h4,15H,2-3,5,10H2,1H3,(H2,11,12,13,14). The Morgan fingerprint density at radius 3 is 2.69 bits per heavy atom. The van der Waals surface area contributed by atoms with Crippen LogP contribution in [0.3, 0.4) is 0 Å². The Balaban J connectivity index is 2.19. The van der Waals surface area contributed by atoms with Crippen LogP contribution in [-0.2, 0) is 0 Å². The van der Waals surface area contributed by atoms with Crippen molar-refractivity contribution in [3.05, 3.63) is 6.07 Å². The molecular formula is C9H15N5OS. The van der Waals surface area contributed by atoms with Gasteiger partial charge in [-0.15, -0.1) is 0 Å². The number of aliphatic hydroxyl groups excluding tert-OH is 1. The number of hydrazine groups is 1. The first-order valence-electron chi connectivity index (χ1n) is 5.00. The lowest BCUT2D eigenvalue weighted by molar-refractivity contribution is 0.266. The Labute approximate surface area is 98.0 Å². The van der Waals surface area contributed by atoms with Gasteiger partial charge in [0.15, 0.2) is 5.16 Å². The average Bonchev–Trinajstić information content (AvgIpc) is 3.09. The number of aromatic nitrogens is 2. The molecule has 0 saturated heterocycles. The molecule has 1 saturated carbocycles. The topological polar surface area (TPSA) is 96.1 Å². The van der Waals surface area contributed by atoms with Crippen molar-refractivity contribution in [2.75, 3.05) is 23.6 Å². The highest BCUT2D eigenvalue weighted by atomic mass is 32.2. The van der Waals surface area contributed by atoms with Gasteiger partial charge in [-0.2, -0.15) is 0 Å². The van der Waals surface area contributed by atoms with Crippen molar-refractivity contribution in [2.45, 2.75) is 23.5 Å². The number of anilines is 2. The quantitative estimate of drug-likeness (QED) is 0.257.